The van der Waals surface area contributed by atoms with E-state index in [1.54, 1.807) is 0 Å². The van der Waals surface area contributed by atoms with E-state index in [9.17, 15) is 13.0 Å². The molecule has 0 aliphatic rings. The van der Waals surface area contributed by atoms with E-state index in [4.69, 9.17) is 11.6 Å². The van der Waals surface area contributed by atoms with Crippen LogP contribution >= 0.6 is 11.6 Å². The van der Waals surface area contributed by atoms with Crippen LogP contribution in [-0.4, -0.2) is 28.4 Å². The Morgan fingerprint density at radius 3 is 2.60 bits per heavy atom. The van der Waals surface area contributed by atoms with Crippen LogP contribution in [0.2, 0.25) is 5.02 Å². The summed E-state index contributed by atoms with van der Waals surface area (Å²) in [5, 5.41) is 9.25. The van der Waals surface area contributed by atoms with Gasteiger partial charge < -0.3 is 4.55 Å². The van der Waals surface area contributed by atoms with Crippen molar-refractivity contribution in [2.75, 3.05) is 0 Å². The number of rotatable bonds is 1. The maximum Gasteiger partial charge on any atom is 1.00 e. The SMILES string of the molecule is O=S(=O)([O-])c1c(Cl)ccc2n[nH]nc12.[Ag+]. The van der Waals surface area contributed by atoms with Crippen molar-refractivity contribution in [3.8, 4) is 0 Å². The summed E-state index contributed by atoms with van der Waals surface area (Å²) in [6.07, 6.45) is 0. The Balaban J connectivity index is 0.00000112. The third-order valence-electron chi connectivity index (χ3n) is 1.64. The van der Waals surface area contributed by atoms with Crippen LogP contribution in [0.4, 0.5) is 0 Å². The largest absolute Gasteiger partial charge is 1.00 e. The predicted octanol–water partition coefficient (Wildman–Crippen LogP) is 0.513. The number of halogens is 1. The Kier molecular flexibility index (Phi) is 3.54. The summed E-state index contributed by atoms with van der Waals surface area (Å²) in [5.41, 5.74) is 0.247. The van der Waals surface area contributed by atoms with Gasteiger partial charge >= 0.3 is 22.4 Å². The van der Waals surface area contributed by atoms with Crippen LogP contribution in [-0.2, 0) is 32.5 Å². The van der Waals surface area contributed by atoms with Crippen LogP contribution in [0.25, 0.3) is 11.0 Å². The fourth-order valence-corrected chi connectivity index (χ4v) is 2.23. The molecule has 0 radical (unpaired) electrons. The molecule has 0 saturated carbocycles. The van der Waals surface area contributed by atoms with Crippen molar-refractivity contribution in [3.63, 3.8) is 0 Å². The summed E-state index contributed by atoms with van der Waals surface area (Å²) >= 11 is 5.58. The Hall–Kier alpha value is -0.440. The number of aromatic amines is 1. The minimum Gasteiger partial charge on any atom is -0.744 e. The average molecular weight is 340 g/mol. The first-order valence-corrected chi connectivity index (χ1v) is 5.23. The number of H-pyrrole nitrogens is 1. The quantitative estimate of drug-likeness (QED) is 0.602. The normalized spacial score (nSPS) is 11.3. The maximum absolute atomic E-state index is 10.8. The van der Waals surface area contributed by atoms with Gasteiger partial charge in [0.15, 0.2) is 0 Å². The number of hydrogen-bond acceptors (Lipinski definition) is 5. The average Bonchev–Trinajstić information content (AvgIpc) is 2.48. The van der Waals surface area contributed by atoms with Crippen LogP contribution in [0, 0.1) is 0 Å². The molecule has 6 nitrogen and oxygen atoms in total. The summed E-state index contributed by atoms with van der Waals surface area (Å²) in [4.78, 5) is -0.537. The number of benzene rings is 1. The molecule has 0 saturated heterocycles. The molecule has 0 atom stereocenters. The zero-order chi connectivity index (χ0) is 10.3. The van der Waals surface area contributed by atoms with E-state index in [1.807, 2.05) is 0 Å². The van der Waals surface area contributed by atoms with Gasteiger partial charge in [0.05, 0.1) is 5.02 Å². The Bertz CT molecular complexity index is 597. The fraction of sp³-hybridized carbons (Fsp3) is 0. The number of nitrogens with zero attached hydrogens (tertiary/aromatic N) is 2. The smallest absolute Gasteiger partial charge is 0.744 e. The zero-order valence-corrected chi connectivity index (χ0v) is 9.92. The van der Waals surface area contributed by atoms with Gasteiger partial charge in [0.2, 0.25) is 0 Å². The number of nitrogens with one attached hydrogen (secondary N) is 1. The first-order chi connectivity index (χ1) is 6.50. The second-order valence-corrected chi connectivity index (χ2v) is 4.25. The minimum absolute atomic E-state index is 0. The Morgan fingerprint density at radius 2 is 2.00 bits per heavy atom. The molecular formula is C6H3AgClN3O3S. The van der Waals surface area contributed by atoms with Crippen molar-refractivity contribution in [1.82, 2.24) is 15.4 Å². The van der Waals surface area contributed by atoms with Gasteiger partial charge in [0.25, 0.3) is 0 Å². The first-order valence-electron chi connectivity index (χ1n) is 3.45. The third kappa shape index (κ3) is 2.22. The van der Waals surface area contributed by atoms with Gasteiger partial charge in [-0.05, 0) is 12.1 Å². The van der Waals surface area contributed by atoms with Gasteiger partial charge in [0, 0.05) is 0 Å². The molecule has 1 N–H and O–H groups in total. The summed E-state index contributed by atoms with van der Waals surface area (Å²) < 4.78 is 32.5. The molecule has 2 aromatic rings. The summed E-state index contributed by atoms with van der Waals surface area (Å²) in [6.45, 7) is 0. The van der Waals surface area contributed by atoms with Crippen LogP contribution < -0.4 is 0 Å². The molecule has 1 aromatic carbocycles. The number of fused-ring (bicyclic) bond motifs is 1. The molecule has 15 heavy (non-hydrogen) atoms. The minimum atomic E-state index is -4.63. The fourth-order valence-electron chi connectivity index (χ4n) is 1.10. The first kappa shape index (κ1) is 12.6. The van der Waals surface area contributed by atoms with E-state index >= 15 is 0 Å². The molecule has 0 fully saturated rings. The molecule has 0 unspecified atom stereocenters. The van der Waals surface area contributed by atoms with Crippen LogP contribution in [0.1, 0.15) is 0 Å². The topological polar surface area (TPSA) is 98.8 Å². The van der Waals surface area contributed by atoms with Crippen molar-refractivity contribution in [2.24, 2.45) is 0 Å². The van der Waals surface area contributed by atoms with Crippen molar-refractivity contribution in [2.45, 2.75) is 4.90 Å². The third-order valence-corrected chi connectivity index (χ3v) is 2.98. The van der Waals surface area contributed by atoms with E-state index in [0.29, 0.717) is 0 Å². The van der Waals surface area contributed by atoms with Crippen molar-refractivity contribution >= 4 is 32.8 Å². The zero-order valence-electron chi connectivity index (χ0n) is 6.86. The van der Waals surface area contributed by atoms with Crippen LogP contribution in [0.3, 0.4) is 0 Å². The molecule has 0 aliphatic carbocycles. The molecule has 9 heteroatoms. The van der Waals surface area contributed by atoms with Gasteiger partial charge in [-0.3, -0.25) is 0 Å². The van der Waals surface area contributed by atoms with E-state index in [1.165, 1.54) is 12.1 Å². The van der Waals surface area contributed by atoms with Crippen molar-refractivity contribution in [1.29, 1.82) is 0 Å². The second kappa shape index (κ2) is 4.20. The second-order valence-electron chi connectivity index (χ2n) is 2.52. The van der Waals surface area contributed by atoms with Gasteiger partial charge in [-0.2, -0.15) is 15.4 Å². The molecule has 0 aliphatic heterocycles. The van der Waals surface area contributed by atoms with E-state index < -0.39 is 15.0 Å². The predicted molar refractivity (Wildman–Crippen MR) is 46.9 cm³/mol. The molecule has 2 rings (SSSR count). The summed E-state index contributed by atoms with van der Waals surface area (Å²) in [5.74, 6) is 0. The van der Waals surface area contributed by atoms with E-state index in [-0.39, 0.29) is 38.4 Å². The summed E-state index contributed by atoms with van der Waals surface area (Å²) in [7, 11) is -4.63. The standard InChI is InChI=1S/C6H4ClN3O3S.Ag/c7-3-1-2-4-5(9-10-8-4)6(3)14(11,12)13;/h1-2H,(H,8,9,10)(H,11,12,13);/q;+1/p-1. The molecule has 84 valence electrons. The molecule has 1 aromatic heterocycles. The van der Waals surface area contributed by atoms with Crippen LogP contribution in [0.15, 0.2) is 17.0 Å². The number of aromatic nitrogens is 3. The monoisotopic (exact) mass is 339 g/mol. The molecule has 1 heterocycles. The molecule has 0 bridgehead atoms. The Morgan fingerprint density at radius 1 is 1.33 bits per heavy atom. The number of hydrogen-bond donors (Lipinski definition) is 1. The summed E-state index contributed by atoms with van der Waals surface area (Å²) in [6, 6.07) is 2.76. The van der Waals surface area contributed by atoms with Crippen molar-refractivity contribution in [3.05, 3.63) is 17.2 Å². The van der Waals surface area contributed by atoms with Gasteiger partial charge in [0.1, 0.15) is 26.0 Å². The van der Waals surface area contributed by atoms with Gasteiger partial charge in [-0.25, -0.2) is 8.42 Å². The van der Waals surface area contributed by atoms with Crippen molar-refractivity contribution < 1.29 is 35.4 Å². The van der Waals surface area contributed by atoms with E-state index in [0.717, 1.165) is 0 Å². The molecule has 0 spiro atoms. The Labute approximate surface area is 105 Å². The van der Waals surface area contributed by atoms with Gasteiger partial charge in [-0.1, -0.05) is 11.6 Å². The van der Waals surface area contributed by atoms with Crippen LogP contribution in [0.5, 0.6) is 0 Å². The molecule has 0 amide bonds. The van der Waals surface area contributed by atoms with E-state index in [2.05, 4.69) is 15.4 Å². The maximum atomic E-state index is 10.8. The van der Waals surface area contributed by atoms with Gasteiger partial charge in [-0.15, -0.1) is 0 Å². The molecular weight excluding hydrogens is 337 g/mol.